The van der Waals surface area contributed by atoms with Gasteiger partial charge in [-0.15, -0.1) is 0 Å². The van der Waals surface area contributed by atoms with Crippen LogP contribution in [0.25, 0.3) is 0 Å². The SMILES string of the molecule is CNC(=S)N/N=C(\C)c1ccc(OC)cc1O. The van der Waals surface area contributed by atoms with Gasteiger partial charge in [-0.3, -0.25) is 5.43 Å². The molecule has 0 bridgehead atoms. The normalized spacial score (nSPS) is 10.9. The molecule has 0 spiro atoms. The Bertz CT molecular complexity index is 446. The second kappa shape index (κ2) is 6.05. The van der Waals surface area contributed by atoms with Gasteiger partial charge in [0.1, 0.15) is 11.5 Å². The summed E-state index contributed by atoms with van der Waals surface area (Å²) in [4.78, 5) is 0. The third kappa shape index (κ3) is 3.60. The molecule has 1 rings (SSSR count). The highest BCUT2D eigenvalue weighted by atomic mass is 32.1. The Hall–Kier alpha value is -1.82. The number of ether oxygens (including phenoxy) is 1. The zero-order chi connectivity index (χ0) is 12.8. The Morgan fingerprint density at radius 3 is 2.71 bits per heavy atom. The number of nitrogens with one attached hydrogen (secondary N) is 2. The van der Waals surface area contributed by atoms with Crippen LogP contribution in [0.15, 0.2) is 23.3 Å². The average molecular weight is 253 g/mol. The lowest BCUT2D eigenvalue weighted by Gasteiger charge is -2.07. The van der Waals surface area contributed by atoms with Crippen molar-refractivity contribution in [1.82, 2.24) is 10.7 Å². The topological polar surface area (TPSA) is 65.9 Å². The Kier molecular flexibility index (Phi) is 4.71. The van der Waals surface area contributed by atoms with Crippen molar-refractivity contribution < 1.29 is 9.84 Å². The number of hydrogen-bond donors (Lipinski definition) is 3. The number of phenols is 1. The van der Waals surface area contributed by atoms with E-state index in [1.807, 2.05) is 0 Å². The molecule has 0 radical (unpaired) electrons. The van der Waals surface area contributed by atoms with Crippen molar-refractivity contribution in [2.24, 2.45) is 5.10 Å². The quantitative estimate of drug-likeness (QED) is 0.429. The van der Waals surface area contributed by atoms with Crippen molar-refractivity contribution in [3.05, 3.63) is 23.8 Å². The third-order valence-corrected chi connectivity index (χ3v) is 2.44. The van der Waals surface area contributed by atoms with Crippen molar-refractivity contribution in [2.45, 2.75) is 6.92 Å². The molecule has 5 nitrogen and oxygen atoms in total. The molecule has 0 aliphatic carbocycles. The summed E-state index contributed by atoms with van der Waals surface area (Å²) in [6, 6.07) is 5.02. The van der Waals surface area contributed by atoms with Crippen molar-refractivity contribution >= 4 is 23.0 Å². The molecular weight excluding hydrogens is 238 g/mol. The van der Waals surface area contributed by atoms with E-state index < -0.39 is 0 Å². The molecule has 6 heteroatoms. The van der Waals surface area contributed by atoms with Crippen LogP contribution in [0.5, 0.6) is 11.5 Å². The lowest BCUT2D eigenvalue weighted by Crippen LogP contribution is -2.29. The number of phenolic OH excluding ortho intramolecular Hbond substituents is 1. The first kappa shape index (κ1) is 13.2. The van der Waals surface area contributed by atoms with Crippen LogP contribution in [0.2, 0.25) is 0 Å². The Labute approximate surface area is 105 Å². The Balaban J connectivity index is 2.88. The lowest BCUT2D eigenvalue weighted by molar-refractivity contribution is 0.407. The predicted molar refractivity (Wildman–Crippen MR) is 71.7 cm³/mol. The number of nitrogens with zero attached hydrogens (tertiary/aromatic N) is 1. The lowest BCUT2D eigenvalue weighted by atomic mass is 10.1. The van der Waals surface area contributed by atoms with E-state index in [0.717, 1.165) is 0 Å². The van der Waals surface area contributed by atoms with E-state index in [4.69, 9.17) is 17.0 Å². The minimum absolute atomic E-state index is 0.114. The molecule has 0 fully saturated rings. The van der Waals surface area contributed by atoms with Crippen LogP contribution in [0.3, 0.4) is 0 Å². The molecular formula is C11H15N3O2S. The smallest absolute Gasteiger partial charge is 0.186 e. The number of benzene rings is 1. The monoisotopic (exact) mass is 253 g/mol. The summed E-state index contributed by atoms with van der Waals surface area (Å²) in [5.74, 6) is 0.709. The summed E-state index contributed by atoms with van der Waals surface area (Å²) in [5.41, 5.74) is 3.90. The first-order valence-electron chi connectivity index (χ1n) is 4.98. The summed E-state index contributed by atoms with van der Waals surface area (Å²) < 4.78 is 5.00. The molecule has 3 N–H and O–H groups in total. The van der Waals surface area contributed by atoms with Crippen LogP contribution >= 0.6 is 12.2 Å². The van der Waals surface area contributed by atoms with Crippen LogP contribution in [-0.4, -0.2) is 30.1 Å². The molecule has 0 saturated carbocycles. The van der Waals surface area contributed by atoms with Gasteiger partial charge in [0.05, 0.1) is 12.8 Å². The van der Waals surface area contributed by atoms with Gasteiger partial charge in [-0.05, 0) is 31.3 Å². The summed E-state index contributed by atoms with van der Waals surface area (Å²) in [6.45, 7) is 1.77. The number of hydrazone groups is 1. The minimum Gasteiger partial charge on any atom is -0.507 e. The molecule has 0 atom stereocenters. The maximum absolute atomic E-state index is 9.78. The van der Waals surface area contributed by atoms with Gasteiger partial charge >= 0.3 is 0 Å². The molecule has 1 aromatic carbocycles. The predicted octanol–water partition coefficient (Wildman–Crippen LogP) is 1.22. The van der Waals surface area contributed by atoms with E-state index in [0.29, 0.717) is 22.1 Å². The second-order valence-corrected chi connectivity index (χ2v) is 3.68. The van der Waals surface area contributed by atoms with Crippen molar-refractivity contribution in [2.75, 3.05) is 14.2 Å². The van der Waals surface area contributed by atoms with Crippen molar-refractivity contribution in [1.29, 1.82) is 0 Å². The fourth-order valence-corrected chi connectivity index (χ4v) is 1.24. The fourth-order valence-electron chi connectivity index (χ4n) is 1.20. The highest BCUT2D eigenvalue weighted by Crippen LogP contribution is 2.23. The van der Waals surface area contributed by atoms with Crippen molar-refractivity contribution in [3.8, 4) is 11.5 Å². The molecule has 0 unspecified atom stereocenters. The van der Waals surface area contributed by atoms with Crippen LogP contribution < -0.4 is 15.5 Å². The van der Waals surface area contributed by atoms with Crippen LogP contribution in [0, 0.1) is 0 Å². The maximum Gasteiger partial charge on any atom is 0.186 e. The second-order valence-electron chi connectivity index (χ2n) is 3.27. The van der Waals surface area contributed by atoms with Crippen LogP contribution in [0.4, 0.5) is 0 Å². The number of thiocarbonyl (C=S) groups is 1. The number of methoxy groups -OCH3 is 1. The first-order chi connectivity index (χ1) is 8.08. The molecule has 0 aliphatic heterocycles. The van der Waals surface area contributed by atoms with Crippen LogP contribution in [0.1, 0.15) is 12.5 Å². The molecule has 92 valence electrons. The van der Waals surface area contributed by atoms with Gasteiger partial charge < -0.3 is 15.2 Å². The van der Waals surface area contributed by atoms with Gasteiger partial charge in [-0.2, -0.15) is 5.10 Å². The first-order valence-corrected chi connectivity index (χ1v) is 5.38. The van der Waals surface area contributed by atoms with Gasteiger partial charge in [0.25, 0.3) is 0 Å². The van der Waals surface area contributed by atoms with Gasteiger partial charge in [0, 0.05) is 18.7 Å². The zero-order valence-corrected chi connectivity index (χ0v) is 10.8. The summed E-state index contributed by atoms with van der Waals surface area (Å²) in [6.07, 6.45) is 0. The average Bonchev–Trinajstić information content (AvgIpc) is 2.35. The molecule has 1 aromatic rings. The largest absolute Gasteiger partial charge is 0.507 e. The van der Waals surface area contributed by atoms with E-state index in [9.17, 15) is 5.11 Å². The third-order valence-electron chi connectivity index (χ3n) is 2.15. The van der Waals surface area contributed by atoms with E-state index in [2.05, 4.69) is 15.8 Å². The minimum atomic E-state index is 0.114. The Morgan fingerprint density at radius 1 is 1.47 bits per heavy atom. The van der Waals surface area contributed by atoms with Crippen molar-refractivity contribution in [3.63, 3.8) is 0 Å². The van der Waals surface area contributed by atoms with Gasteiger partial charge in [-0.25, -0.2) is 0 Å². The summed E-state index contributed by atoms with van der Waals surface area (Å²) in [7, 11) is 3.24. The van der Waals surface area contributed by atoms with Crippen LogP contribution in [-0.2, 0) is 0 Å². The molecule has 0 aliphatic rings. The number of aromatic hydroxyl groups is 1. The highest BCUT2D eigenvalue weighted by Gasteiger charge is 2.06. The summed E-state index contributed by atoms with van der Waals surface area (Å²) >= 11 is 4.88. The zero-order valence-electron chi connectivity index (χ0n) is 9.94. The van der Waals surface area contributed by atoms with Gasteiger partial charge in [0.15, 0.2) is 5.11 Å². The standard InChI is InChI=1S/C11H15N3O2S/c1-7(13-14-11(17)12-2)9-5-4-8(16-3)6-10(9)15/h4-6,15H,1-3H3,(H2,12,14,17)/b13-7+. The van der Waals surface area contributed by atoms with E-state index in [1.54, 1.807) is 33.2 Å². The molecule has 0 heterocycles. The fraction of sp³-hybridized carbons (Fsp3) is 0.273. The van der Waals surface area contributed by atoms with E-state index in [-0.39, 0.29) is 5.75 Å². The van der Waals surface area contributed by atoms with E-state index in [1.165, 1.54) is 6.07 Å². The number of hydrogen-bond acceptors (Lipinski definition) is 4. The Morgan fingerprint density at radius 2 is 2.18 bits per heavy atom. The van der Waals surface area contributed by atoms with Gasteiger partial charge in [-0.1, -0.05) is 0 Å². The maximum atomic E-state index is 9.78. The van der Waals surface area contributed by atoms with E-state index >= 15 is 0 Å². The highest BCUT2D eigenvalue weighted by molar-refractivity contribution is 7.80. The number of rotatable bonds is 3. The van der Waals surface area contributed by atoms with Gasteiger partial charge in [0.2, 0.25) is 0 Å². The molecule has 0 aromatic heterocycles. The molecule has 0 amide bonds. The molecule has 0 saturated heterocycles. The summed E-state index contributed by atoms with van der Waals surface area (Å²) in [5, 5.41) is 17.0. The molecule has 17 heavy (non-hydrogen) atoms.